The van der Waals surface area contributed by atoms with E-state index in [0.717, 1.165) is 50.4 Å². The largest absolute Gasteiger partial charge is 0.355 e. The molecule has 0 unspecified atom stereocenters. The van der Waals surface area contributed by atoms with Crippen LogP contribution in [0.5, 0.6) is 0 Å². The number of amides is 1. The summed E-state index contributed by atoms with van der Waals surface area (Å²) >= 11 is 0. The number of hydrogen-bond acceptors (Lipinski definition) is 3. The van der Waals surface area contributed by atoms with Crippen LogP contribution in [0.3, 0.4) is 0 Å². The van der Waals surface area contributed by atoms with E-state index in [1.807, 2.05) is 0 Å². The third-order valence-electron chi connectivity index (χ3n) is 3.53. The minimum Gasteiger partial charge on any atom is -0.355 e. The molecule has 2 N–H and O–H groups in total. The summed E-state index contributed by atoms with van der Waals surface area (Å²) < 4.78 is 2.14. The maximum Gasteiger partial charge on any atom is 0.239 e. The number of carbonyl (C=O) groups is 1. The molecular formula is C15H26N4O. The topological polar surface area (TPSA) is 59.0 Å². The second kappa shape index (κ2) is 6.88. The molecular weight excluding hydrogens is 252 g/mol. The van der Waals surface area contributed by atoms with Crippen molar-refractivity contribution in [1.29, 1.82) is 0 Å². The van der Waals surface area contributed by atoms with Gasteiger partial charge in [0, 0.05) is 38.2 Å². The smallest absolute Gasteiger partial charge is 0.239 e. The molecule has 5 heteroatoms. The molecule has 2 rings (SSSR count). The van der Waals surface area contributed by atoms with E-state index in [9.17, 15) is 4.79 Å². The SMILES string of the molecule is CCCNC(=O)Cn1c(CC(C)C)nc2c1CCNC2. The van der Waals surface area contributed by atoms with Crippen LogP contribution in [0.4, 0.5) is 0 Å². The van der Waals surface area contributed by atoms with E-state index >= 15 is 0 Å². The zero-order valence-corrected chi connectivity index (χ0v) is 12.8. The molecule has 0 spiro atoms. The fraction of sp³-hybridized carbons (Fsp3) is 0.733. The van der Waals surface area contributed by atoms with Gasteiger partial charge in [-0.05, 0) is 12.3 Å². The van der Waals surface area contributed by atoms with Crippen LogP contribution < -0.4 is 10.6 Å². The molecule has 2 heterocycles. The van der Waals surface area contributed by atoms with Crippen LogP contribution in [0.15, 0.2) is 0 Å². The van der Waals surface area contributed by atoms with E-state index in [2.05, 4.69) is 36.0 Å². The zero-order chi connectivity index (χ0) is 14.5. The van der Waals surface area contributed by atoms with Gasteiger partial charge in [0.15, 0.2) is 0 Å². The summed E-state index contributed by atoms with van der Waals surface area (Å²) in [4.78, 5) is 16.8. The number of nitrogens with zero attached hydrogens (tertiary/aromatic N) is 2. The van der Waals surface area contributed by atoms with Gasteiger partial charge in [-0.1, -0.05) is 20.8 Å². The second-order valence-corrected chi connectivity index (χ2v) is 5.88. The third kappa shape index (κ3) is 3.60. The number of carbonyl (C=O) groups excluding carboxylic acids is 1. The van der Waals surface area contributed by atoms with Crippen molar-refractivity contribution in [3.63, 3.8) is 0 Å². The summed E-state index contributed by atoms with van der Waals surface area (Å²) in [7, 11) is 0. The molecule has 5 nitrogen and oxygen atoms in total. The number of aromatic nitrogens is 2. The van der Waals surface area contributed by atoms with Crippen LogP contribution in [0.2, 0.25) is 0 Å². The number of fused-ring (bicyclic) bond motifs is 1. The Kier molecular flexibility index (Phi) is 5.17. The van der Waals surface area contributed by atoms with Crippen LogP contribution in [-0.4, -0.2) is 28.5 Å². The van der Waals surface area contributed by atoms with Gasteiger partial charge in [0.05, 0.1) is 5.69 Å². The number of hydrogen-bond donors (Lipinski definition) is 2. The molecule has 1 aliphatic heterocycles. The Bertz CT molecular complexity index is 465. The van der Waals surface area contributed by atoms with Crippen molar-refractivity contribution in [2.24, 2.45) is 5.92 Å². The van der Waals surface area contributed by atoms with E-state index in [0.29, 0.717) is 12.5 Å². The summed E-state index contributed by atoms with van der Waals surface area (Å²) in [6.45, 7) is 9.39. The van der Waals surface area contributed by atoms with E-state index in [-0.39, 0.29) is 5.91 Å². The minimum absolute atomic E-state index is 0.0931. The maximum atomic E-state index is 12.0. The van der Waals surface area contributed by atoms with Gasteiger partial charge in [-0.15, -0.1) is 0 Å². The lowest BCUT2D eigenvalue weighted by atomic mass is 10.1. The molecule has 0 atom stereocenters. The maximum absolute atomic E-state index is 12.0. The van der Waals surface area contributed by atoms with Gasteiger partial charge in [-0.25, -0.2) is 4.98 Å². The molecule has 0 fully saturated rings. The molecule has 1 aliphatic rings. The predicted octanol–water partition coefficient (Wildman–Crippen LogP) is 1.25. The van der Waals surface area contributed by atoms with E-state index in [1.165, 1.54) is 5.69 Å². The number of rotatable bonds is 6. The van der Waals surface area contributed by atoms with Crippen molar-refractivity contribution in [2.45, 2.75) is 53.1 Å². The standard InChI is InChI=1S/C15H26N4O/c1-4-6-17-15(20)10-19-13-5-7-16-9-12(13)18-14(19)8-11(2)3/h11,16H,4-10H2,1-3H3,(H,17,20). The van der Waals surface area contributed by atoms with Crippen molar-refractivity contribution in [3.8, 4) is 0 Å². The van der Waals surface area contributed by atoms with E-state index in [4.69, 9.17) is 4.98 Å². The lowest BCUT2D eigenvalue weighted by Crippen LogP contribution is -2.31. The Balaban J connectivity index is 2.19. The highest BCUT2D eigenvalue weighted by atomic mass is 16.1. The lowest BCUT2D eigenvalue weighted by Gasteiger charge is -2.16. The first-order valence-corrected chi connectivity index (χ1v) is 7.66. The molecule has 1 aromatic rings. The van der Waals surface area contributed by atoms with Crippen LogP contribution in [0.1, 0.15) is 44.4 Å². The Morgan fingerprint density at radius 2 is 2.30 bits per heavy atom. The van der Waals surface area contributed by atoms with Crippen molar-refractivity contribution in [2.75, 3.05) is 13.1 Å². The van der Waals surface area contributed by atoms with Gasteiger partial charge in [-0.2, -0.15) is 0 Å². The summed E-state index contributed by atoms with van der Waals surface area (Å²) in [5.74, 6) is 1.69. The molecule has 112 valence electrons. The van der Waals surface area contributed by atoms with Crippen molar-refractivity contribution >= 4 is 5.91 Å². The molecule has 1 amide bonds. The van der Waals surface area contributed by atoms with Crippen molar-refractivity contribution in [3.05, 3.63) is 17.2 Å². The van der Waals surface area contributed by atoms with E-state index < -0.39 is 0 Å². The van der Waals surface area contributed by atoms with Crippen molar-refractivity contribution in [1.82, 2.24) is 20.2 Å². The summed E-state index contributed by atoms with van der Waals surface area (Å²) in [6.07, 6.45) is 2.85. The molecule has 0 bridgehead atoms. The monoisotopic (exact) mass is 278 g/mol. The third-order valence-corrected chi connectivity index (χ3v) is 3.53. The van der Waals surface area contributed by atoms with Crippen LogP contribution in [0.25, 0.3) is 0 Å². The molecule has 0 radical (unpaired) electrons. The first-order valence-electron chi connectivity index (χ1n) is 7.66. The van der Waals surface area contributed by atoms with E-state index in [1.54, 1.807) is 0 Å². The average Bonchev–Trinajstić information content (AvgIpc) is 2.74. The number of imidazole rings is 1. The first kappa shape index (κ1) is 15.0. The number of nitrogens with one attached hydrogen (secondary N) is 2. The Labute approximate surface area is 121 Å². The highest BCUT2D eigenvalue weighted by Gasteiger charge is 2.21. The summed E-state index contributed by atoms with van der Waals surface area (Å²) in [5, 5.41) is 6.30. The molecule has 0 saturated heterocycles. The highest BCUT2D eigenvalue weighted by Crippen LogP contribution is 2.18. The van der Waals surface area contributed by atoms with Crippen LogP contribution >= 0.6 is 0 Å². The Hall–Kier alpha value is -1.36. The fourth-order valence-corrected chi connectivity index (χ4v) is 2.60. The molecule has 20 heavy (non-hydrogen) atoms. The van der Waals surface area contributed by atoms with Gasteiger partial charge >= 0.3 is 0 Å². The Morgan fingerprint density at radius 3 is 3.00 bits per heavy atom. The van der Waals surface area contributed by atoms with Crippen LogP contribution in [-0.2, 0) is 30.7 Å². The molecule has 1 aromatic heterocycles. The Morgan fingerprint density at radius 1 is 1.50 bits per heavy atom. The lowest BCUT2D eigenvalue weighted by molar-refractivity contribution is -0.121. The predicted molar refractivity (Wildman–Crippen MR) is 79.5 cm³/mol. The van der Waals surface area contributed by atoms with Gasteiger partial charge in [0.25, 0.3) is 0 Å². The second-order valence-electron chi connectivity index (χ2n) is 5.88. The fourth-order valence-electron chi connectivity index (χ4n) is 2.60. The van der Waals surface area contributed by atoms with Gasteiger partial charge in [0.1, 0.15) is 12.4 Å². The van der Waals surface area contributed by atoms with Crippen molar-refractivity contribution < 1.29 is 4.79 Å². The minimum atomic E-state index is 0.0931. The van der Waals surface area contributed by atoms with Gasteiger partial charge in [0.2, 0.25) is 5.91 Å². The normalized spacial score (nSPS) is 14.4. The zero-order valence-electron chi connectivity index (χ0n) is 12.8. The van der Waals surface area contributed by atoms with Gasteiger partial charge in [-0.3, -0.25) is 4.79 Å². The molecule has 0 aliphatic carbocycles. The summed E-state index contributed by atoms with van der Waals surface area (Å²) in [5.41, 5.74) is 2.36. The summed E-state index contributed by atoms with van der Waals surface area (Å²) in [6, 6.07) is 0. The molecule has 0 saturated carbocycles. The first-order chi connectivity index (χ1) is 9.61. The molecule has 0 aromatic carbocycles. The van der Waals surface area contributed by atoms with Crippen LogP contribution in [0, 0.1) is 5.92 Å². The highest BCUT2D eigenvalue weighted by molar-refractivity contribution is 5.75. The average molecular weight is 278 g/mol. The van der Waals surface area contributed by atoms with Gasteiger partial charge < -0.3 is 15.2 Å². The quantitative estimate of drug-likeness (QED) is 0.823.